The minimum Gasteiger partial charge on any atom is -0.490 e. The number of benzene rings is 2. The first-order valence-electron chi connectivity index (χ1n) is 9.98. The van der Waals surface area contributed by atoms with Gasteiger partial charge in [-0.2, -0.15) is 0 Å². The standard InChI is InChI=1S/C22H25NO8/c1-4-26-18-9-14(10-19(27-5-2)21(18)28-6-3)22(25)29-12-20(24)23-15-7-8-16-17(11-15)31-13-30-16/h7-11H,4-6,12-13H2,1-3H3,(H,23,24). The molecule has 0 unspecified atom stereocenters. The van der Waals surface area contributed by atoms with Crippen LogP contribution < -0.4 is 29.0 Å². The Kier molecular flexibility index (Phi) is 7.42. The van der Waals surface area contributed by atoms with Gasteiger partial charge in [0.25, 0.3) is 5.91 Å². The summed E-state index contributed by atoms with van der Waals surface area (Å²) in [5.41, 5.74) is 0.690. The molecule has 1 aliphatic heterocycles. The normalized spacial score (nSPS) is 11.6. The van der Waals surface area contributed by atoms with E-state index >= 15 is 0 Å². The lowest BCUT2D eigenvalue weighted by Crippen LogP contribution is -2.21. The van der Waals surface area contributed by atoms with Crippen molar-refractivity contribution in [3.8, 4) is 28.7 Å². The Hall–Kier alpha value is -3.62. The van der Waals surface area contributed by atoms with Gasteiger partial charge in [0.2, 0.25) is 12.5 Å². The number of fused-ring (bicyclic) bond motifs is 1. The smallest absolute Gasteiger partial charge is 0.338 e. The Morgan fingerprint density at radius 1 is 0.903 bits per heavy atom. The van der Waals surface area contributed by atoms with Gasteiger partial charge in [0.1, 0.15) is 0 Å². The molecule has 1 N–H and O–H groups in total. The number of hydrogen-bond donors (Lipinski definition) is 1. The molecule has 1 amide bonds. The van der Waals surface area contributed by atoms with Crippen LogP contribution in [0.15, 0.2) is 30.3 Å². The quantitative estimate of drug-likeness (QED) is 0.571. The molecule has 0 fully saturated rings. The molecule has 166 valence electrons. The molecule has 0 aliphatic carbocycles. The SMILES string of the molecule is CCOc1cc(C(=O)OCC(=O)Nc2ccc3c(c2)OCO3)cc(OCC)c1OCC. The largest absolute Gasteiger partial charge is 0.490 e. The van der Waals surface area contributed by atoms with Gasteiger partial charge in [-0.1, -0.05) is 0 Å². The summed E-state index contributed by atoms with van der Waals surface area (Å²) < 4.78 is 32.5. The topological polar surface area (TPSA) is 102 Å². The zero-order valence-corrected chi connectivity index (χ0v) is 17.7. The number of rotatable bonds is 10. The van der Waals surface area contributed by atoms with E-state index in [1.165, 1.54) is 12.1 Å². The molecule has 2 aromatic rings. The number of anilines is 1. The van der Waals surface area contributed by atoms with E-state index in [0.29, 0.717) is 54.3 Å². The van der Waals surface area contributed by atoms with Crippen molar-refractivity contribution in [1.82, 2.24) is 0 Å². The van der Waals surface area contributed by atoms with Crippen LogP contribution in [0.3, 0.4) is 0 Å². The molecule has 31 heavy (non-hydrogen) atoms. The van der Waals surface area contributed by atoms with Crippen LogP contribution in [0.1, 0.15) is 31.1 Å². The van der Waals surface area contributed by atoms with Gasteiger partial charge in [-0.3, -0.25) is 4.79 Å². The second-order valence-corrected chi connectivity index (χ2v) is 6.29. The van der Waals surface area contributed by atoms with Crippen LogP contribution >= 0.6 is 0 Å². The summed E-state index contributed by atoms with van der Waals surface area (Å²) in [6.07, 6.45) is 0. The maximum absolute atomic E-state index is 12.5. The summed E-state index contributed by atoms with van der Waals surface area (Å²) in [6, 6.07) is 8.01. The molecule has 0 radical (unpaired) electrons. The van der Waals surface area contributed by atoms with Crippen molar-refractivity contribution in [2.75, 3.05) is 38.5 Å². The van der Waals surface area contributed by atoms with Crippen LogP contribution in [-0.2, 0) is 9.53 Å². The maximum atomic E-state index is 12.5. The van der Waals surface area contributed by atoms with Gasteiger partial charge in [0.05, 0.1) is 25.4 Å². The van der Waals surface area contributed by atoms with Gasteiger partial charge in [0, 0.05) is 11.8 Å². The Morgan fingerprint density at radius 2 is 1.55 bits per heavy atom. The van der Waals surface area contributed by atoms with Gasteiger partial charge < -0.3 is 33.7 Å². The van der Waals surface area contributed by atoms with Crippen molar-refractivity contribution < 1.29 is 38.0 Å². The molecule has 0 bridgehead atoms. The summed E-state index contributed by atoms with van der Waals surface area (Å²) in [5, 5.41) is 2.65. The fourth-order valence-electron chi connectivity index (χ4n) is 2.89. The summed E-state index contributed by atoms with van der Waals surface area (Å²) in [5.74, 6) is 1.12. The van der Waals surface area contributed by atoms with Crippen LogP contribution in [0, 0.1) is 0 Å². The summed E-state index contributed by atoms with van der Waals surface area (Å²) >= 11 is 0. The van der Waals surface area contributed by atoms with Crippen molar-refractivity contribution >= 4 is 17.6 Å². The summed E-state index contributed by atoms with van der Waals surface area (Å²) in [6.45, 7) is 6.32. The van der Waals surface area contributed by atoms with Crippen LogP contribution in [0.5, 0.6) is 28.7 Å². The second kappa shape index (κ2) is 10.4. The predicted octanol–water partition coefficient (Wildman–Crippen LogP) is 3.41. The van der Waals surface area contributed by atoms with E-state index in [0.717, 1.165) is 0 Å². The van der Waals surface area contributed by atoms with E-state index < -0.39 is 18.5 Å². The predicted molar refractivity (Wildman–Crippen MR) is 111 cm³/mol. The number of ether oxygens (including phenoxy) is 6. The van der Waals surface area contributed by atoms with Gasteiger partial charge in [0.15, 0.2) is 29.6 Å². The van der Waals surface area contributed by atoms with E-state index in [1.54, 1.807) is 18.2 Å². The lowest BCUT2D eigenvalue weighted by Gasteiger charge is -2.16. The third-order valence-electron chi connectivity index (χ3n) is 4.14. The average molecular weight is 431 g/mol. The fourth-order valence-corrected chi connectivity index (χ4v) is 2.89. The monoisotopic (exact) mass is 431 g/mol. The highest BCUT2D eigenvalue weighted by atomic mass is 16.7. The van der Waals surface area contributed by atoms with Crippen molar-refractivity contribution in [3.05, 3.63) is 35.9 Å². The first-order valence-corrected chi connectivity index (χ1v) is 9.98. The fraction of sp³-hybridized carbons (Fsp3) is 0.364. The van der Waals surface area contributed by atoms with Crippen molar-refractivity contribution in [3.63, 3.8) is 0 Å². The van der Waals surface area contributed by atoms with Gasteiger partial charge >= 0.3 is 5.97 Å². The number of nitrogens with one attached hydrogen (secondary N) is 1. The average Bonchev–Trinajstić information content (AvgIpc) is 3.22. The van der Waals surface area contributed by atoms with E-state index in [-0.39, 0.29) is 12.4 Å². The van der Waals surface area contributed by atoms with Crippen LogP contribution in [0.4, 0.5) is 5.69 Å². The van der Waals surface area contributed by atoms with Crippen LogP contribution in [-0.4, -0.2) is 45.1 Å². The highest BCUT2D eigenvalue weighted by Gasteiger charge is 2.20. The van der Waals surface area contributed by atoms with Crippen molar-refractivity contribution in [1.29, 1.82) is 0 Å². The summed E-state index contributed by atoms with van der Waals surface area (Å²) in [7, 11) is 0. The molecular weight excluding hydrogens is 406 g/mol. The van der Waals surface area contributed by atoms with Gasteiger partial charge in [-0.15, -0.1) is 0 Å². The van der Waals surface area contributed by atoms with E-state index in [9.17, 15) is 9.59 Å². The molecule has 2 aromatic carbocycles. The highest BCUT2D eigenvalue weighted by molar-refractivity contribution is 5.96. The van der Waals surface area contributed by atoms with Crippen molar-refractivity contribution in [2.24, 2.45) is 0 Å². The lowest BCUT2D eigenvalue weighted by molar-refractivity contribution is -0.119. The lowest BCUT2D eigenvalue weighted by atomic mass is 10.2. The Balaban J connectivity index is 1.66. The zero-order chi connectivity index (χ0) is 22.2. The second-order valence-electron chi connectivity index (χ2n) is 6.29. The van der Waals surface area contributed by atoms with Crippen LogP contribution in [0.25, 0.3) is 0 Å². The molecule has 0 saturated carbocycles. The summed E-state index contributed by atoms with van der Waals surface area (Å²) in [4.78, 5) is 24.7. The molecule has 9 heteroatoms. The third kappa shape index (κ3) is 5.50. The van der Waals surface area contributed by atoms with E-state index in [2.05, 4.69) is 5.32 Å². The molecule has 0 saturated heterocycles. The molecule has 9 nitrogen and oxygen atoms in total. The maximum Gasteiger partial charge on any atom is 0.338 e. The zero-order valence-electron chi connectivity index (χ0n) is 17.7. The molecule has 1 aliphatic rings. The molecular formula is C22H25NO8. The van der Waals surface area contributed by atoms with Crippen molar-refractivity contribution in [2.45, 2.75) is 20.8 Å². The Morgan fingerprint density at radius 3 is 2.19 bits per heavy atom. The number of carbonyl (C=O) groups is 2. The van der Waals surface area contributed by atoms with Crippen LogP contribution in [0.2, 0.25) is 0 Å². The van der Waals surface area contributed by atoms with E-state index in [4.69, 9.17) is 28.4 Å². The Labute approximate surface area is 180 Å². The molecule has 1 heterocycles. The van der Waals surface area contributed by atoms with Gasteiger partial charge in [-0.05, 0) is 45.0 Å². The number of hydrogen-bond acceptors (Lipinski definition) is 8. The van der Waals surface area contributed by atoms with E-state index in [1.807, 2.05) is 20.8 Å². The number of carbonyl (C=O) groups excluding carboxylic acids is 2. The Bertz CT molecular complexity index is 916. The minimum absolute atomic E-state index is 0.139. The highest BCUT2D eigenvalue weighted by Crippen LogP contribution is 2.39. The first kappa shape index (κ1) is 22.1. The molecule has 3 rings (SSSR count). The minimum atomic E-state index is -0.689. The number of amides is 1. The molecule has 0 atom stereocenters. The van der Waals surface area contributed by atoms with Gasteiger partial charge in [-0.25, -0.2) is 4.79 Å². The first-order chi connectivity index (χ1) is 15.0. The third-order valence-corrected chi connectivity index (χ3v) is 4.14. The number of esters is 1. The molecule has 0 aromatic heterocycles. The molecule has 0 spiro atoms.